The minimum atomic E-state index is -0.427. The van der Waals surface area contributed by atoms with Crippen LogP contribution in [0.2, 0.25) is 5.02 Å². The van der Waals surface area contributed by atoms with Gasteiger partial charge in [0, 0.05) is 14.0 Å². The molecule has 2 aromatic carbocycles. The molecule has 0 atom stereocenters. The van der Waals surface area contributed by atoms with Gasteiger partial charge in [-0.05, 0) is 68.3 Å². The van der Waals surface area contributed by atoms with Crippen LogP contribution >= 0.6 is 43.5 Å². The number of hydrogen-bond donors (Lipinski definition) is 1. The van der Waals surface area contributed by atoms with Crippen LogP contribution in [0.25, 0.3) is 0 Å². The lowest BCUT2D eigenvalue weighted by Crippen LogP contribution is -2.13. The van der Waals surface area contributed by atoms with Crippen molar-refractivity contribution in [1.82, 2.24) is 0 Å². The number of hydrogen-bond acceptors (Lipinski definition) is 1. The summed E-state index contributed by atoms with van der Waals surface area (Å²) in [5.41, 5.74) is 0.737. The van der Waals surface area contributed by atoms with Gasteiger partial charge in [0.1, 0.15) is 5.82 Å². The van der Waals surface area contributed by atoms with E-state index in [-0.39, 0.29) is 5.91 Å². The quantitative estimate of drug-likeness (QED) is 0.723. The maximum atomic E-state index is 13.1. The standard InChI is InChI=1S/C13H7Br2ClFNO/c14-10-3-1-7(16)5-9(10)13(19)18-12-6-8(17)2-4-11(12)15/h1-6H,(H,18,19). The maximum absolute atomic E-state index is 13.1. The van der Waals surface area contributed by atoms with E-state index >= 15 is 0 Å². The van der Waals surface area contributed by atoms with Crippen molar-refractivity contribution in [2.24, 2.45) is 0 Å². The normalized spacial score (nSPS) is 10.3. The number of anilines is 1. The molecular weight excluding hydrogens is 400 g/mol. The molecule has 0 saturated heterocycles. The second-order valence-corrected chi connectivity index (χ2v) is 5.85. The smallest absolute Gasteiger partial charge is 0.256 e. The lowest BCUT2D eigenvalue weighted by Gasteiger charge is -2.09. The second kappa shape index (κ2) is 6.03. The van der Waals surface area contributed by atoms with Crippen molar-refractivity contribution in [3.63, 3.8) is 0 Å². The van der Waals surface area contributed by atoms with Gasteiger partial charge in [-0.1, -0.05) is 11.6 Å². The molecule has 0 unspecified atom stereocenters. The van der Waals surface area contributed by atoms with E-state index in [1.807, 2.05) is 0 Å². The van der Waals surface area contributed by atoms with Crippen molar-refractivity contribution in [3.05, 3.63) is 61.7 Å². The van der Waals surface area contributed by atoms with Gasteiger partial charge in [0.15, 0.2) is 0 Å². The Balaban J connectivity index is 2.30. The molecule has 0 aliphatic carbocycles. The first kappa shape index (κ1) is 14.5. The topological polar surface area (TPSA) is 29.1 Å². The molecule has 1 amide bonds. The predicted molar refractivity (Wildman–Crippen MR) is 81.2 cm³/mol. The van der Waals surface area contributed by atoms with Crippen LogP contribution in [0.5, 0.6) is 0 Å². The first-order valence-electron chi connectivity index (χ1n) is 5.19. The van der Waals surface area contributed by atoms with Crippen LogP contribution in [0.4, 0.5) is 10.1 Å². The fourth-order valence-electron chi connectivity index (χ4n) is 1.45. The molecule has 6 heteroatoms. The summed E-state index contributed by atoms with van der Waals surface area (Å²) in [5, 5.41) is 3.07. The van der Waals surface area contributed by atoms with Crippen LogP contribution in [-0.2, 0) is 0 Å². The molecule has 0 fully saturated rings. The Morgan fingerprint density at radius 2 is 1.79 bits per heavy atom. The molecule has 0 saturated carbocycles. The molecule has 2 aromatic rings. The molecule has 19 heavy (non-hydrogen) atoms. The monoisotopic (exact) mass is 405 g/mol. The fraction of sp³-hybridized carbons (Fsp3) is 0. The molecule has 0 spiro atoms. The molecule has 0 heterocycles. The number of nitrogens with one attached hydrogen (secondary N) is 1. The van der Waals surface area contributed by atoms with Crippen LogP contribution in [0, 0.1) is 5.82 Å². The van der Waals surface area contributed by atoms with Crippen LogP contribution in [0.15, 0.2) is 45.3 Å². The van der Waals surface area contributed by atoms with Crippen LogP contribution in [0.3, 0.4) is 0 Å². The molecule has 0 aliphatic heterocycles. The summed E-state index contributed by atoms with van der Waals surface area (Å²) < 4.78 is 14.4. The van der Waals surface area contributed by atoms with Gasteiger partial charge in [-0.15, -0.1) is 0 Å². The zero-order valence-corrected chi connectivity index (χ0v) is 13.3. The highest BCUT2D eigenvalue weighted by molar-refractivity contribution is 9.11. The number of carbonyl (C=O) groups excluding carboxylic acids is 1. The summed E-state index contributed by atoms with van der Waals surface area (Å²) in [6, 6.07) is 8.94. The van der Waals surface area contributed by atoms with Gasteiger partial charge in [-0.2, -0.15) is 0 Å². The van der Waals surface area contributed by atoms with E-state index in [0.717, 1.165) is 0 Å². The van der Waals surface area contributed by atoms with E-state index in [9.17, 15) is 9.18 Å². The van der Waals surface area contributed by atoms with Gasteiger partial charge in [0.2, 0.25) is 0 Å². The Kier molecular flexibility index (Phi) is 4.60. The van der Waals surface area contributed by atoms with Gasteiger partial charge in [-0.3, -0.25) is 4.79 Å². The third kappa shape index (κ3) is 3.55. The van der Waals surface area contributed by atoms with Crippen molar-refractivity contribution in [2.45, 2.75) is 0 Å². The van der Waals surface area contributed by atoms with Gasteiger partial charge >= 0.3 is 0 Å². The van der Waals surface area contributed by atoms with Gasteiger partial charge < -0.3 is 5.32 Å². The Labute approximate surface area is 131 Å². The lowest BCUT2D eigenvalue weighted by molar-refractivity contribution is 0.102. The van der Waals surface area contributed by atoms with Crippen molar-refractivity contribution >= 4 is 55.1 Å². The third-order valence-corrected chi connectivity index (χ3v) is 3.97. The summed E-state index contributed by atoms with van der Waals surface area (Å²) in [6.07, 6.45) is 0. The largest absolute Gasteiger partial charge is 0.321 e. The van der Waals surface area contributed by atoms with Crippen molar-refractivity contribution in [2.75, 3.05) is 5.32 Å². The Bertz CT molecular complexity index is 649. The highest BCUT2D eigenvalue weighted by Crippen LogP contribution is 2.26. The van der Waals surface area contributed by atoms with Crippen LogP contribution in [0.1, 0.15) is 10.4 Å². The average Bonchev–Trinajstić information content (AvgIpc) is 2.36. The minimum absolute atomic E-state index is 0.358. The van der Waals surface area contributed by atoms with E-state index < -0.39 is 5.82 Å². The lowest BCUT2D eigenvalue weighted by atomic mass is 10.2. The van der Waals surface area contributed by atoms with Gasteiger partial charge in [0.25, 0.3) is 5.91 Å². The minimum Gasteiger partial charge on any atom is -0.321 e. The molecule has 1 N–H and O–H groups in total. The molecule has 0 radical (unpaired) electrons. The molecule has 0 aliphatic rings. The Morgan fingerprint density at radius 3 is 2.53 bits per heavy atom. The fourth-order valence-corrected chi connectivity index (χ4v) is 2.40. The Morgan fingerprint density at radius 1 is 1.11 bits per heavy atom. The van der Waals surface area contributed by atoms with E-state index in [1.165, 1.54) is 24.3 Å². The van der Waals surface area contributed by atoms with Crippen LogP contribution in [-0.4, -0.2) is 5.91 Å². The van der Waals surface area contributed by atoms with Gasteiger partial charge in [0.05, 0.1) is 11.3 Å². The number of benzene rings is 2. The van der Waals surface area contributed by atoms with E-state index in [1.54, 1.807) is 12.1 Å². The van der Waals surface area contributed by atoms with E-state index in [0.29, 0.717) is 25.2 Å². The zero-order valence-electron chi connectivity index (χ0n) is 9.38. The summed E-state index contributed by atoms with van der Waals surface area (Å²) in [6.45, 7) is 0. The molecule has 98 valence electrons. The van der Waals surface area contributed by atoms with E-state index in [4.69, 9.17) is 11.6 Å². The molecular formula is C13H7Br2ClFNO. The Hall–Kier alpha value is -0.910. The number of carbonyl (C=O) groups is 1. The number of rotatable bonds is 2. The third-order valence-electron chi connectivity index (χ3n) is 2.35. The first-order valence-corrected chi connectivity index (χ1v) is 7.15. The van der Waals surface area contributed by atoms with Gasteiger partial charge in [-0.25, -0.2) is 4.39 Å². The van der Waals surface area contributed by atoms with Crippen molar-refractivity contribution in [3.8, 4) is 0 Å². The summed E-state index contributed by atoms with van der Waals surface area (Å²) >= 11 is 12.4. The summed E-state index contributed by atoms with van der Waals surface area (Å²) in [4.78, 5) is 12.1. The van der Waals surface area contributed by atoms with E-state index in [2.05, 4.69) is 37.2 Å². The molecule has 0 bridgehead atoms. The molecule has 2 rings (SSSR count). The SMILES string of the molecule is O=C(Nc1cc(F)ccc1Br)c1cc(Cl)ccc1Br. The highest BCUT2D eigenvalue weighted by atomic mass is 79.9. The first-order chi connectivity index (χ1) is 8.97. The highest BCUT2D eigenvalue weighted by Gasteiger charge is 2.12. The van der Waals surface area contributed by atoms with Crippen molar-refractivity contribution in [1.29, 1.82) is 0 Å². The maximum Gasteiger partial charge on any atom is 0.256 e. The zero-order chi connectivity index (χ0) is 14.0. The molecule has 0 aromatic heterocycles. The van der Waals surface area contributed by atoms with Crippen molar-refractivity contribution < 1.29 is 9.18 Å². The summed E-state index contributed by atoms with van der Waals surface area (Å²) in [5.74, 6) is -0.802. The second-order valence-electron chi connectivity index (χ2n) is 3.70. The molecule has 2 nitrogen and oxygen atoms in total. The summed E-state index contributed by atoms with van der Waals surface area (Å²) in [7, 11) is 0. The number of amides is 1. The number of halogens is 4. The average molecular weight is 407 g/mol. The van der Waals surface area contributed by atoms with Crippen LogP contribution < -0.4 is 5.32 Å². The predicted octanol–water partition coefficient (Wildman–Crippen LogP) is 5.26.